The fourth-order valence-corrected chi connectivity index (χ4v) is 11.6. The van der Waals surface area contributed by atoms with Gasteiger partial charge in [-0.2, -0.15) is 25.6 Å². The molecule has 5 fully saturated rings. The molecule has 2 saturated heterocycles. The normalized spacial score (nSPS) is 26.6. The molecule has 1 N–H and O–H groups in total. The molecule has 2 heterocycles. The Labute approximate surface area is 301 Å². The summed E-state index contributed by atoms with van der Waals surface area (Å²) >= 11 is 0. The number of fused-ring (bicyclic) bond motifs is 2. The van der Waals surface area contributed by atoms with Crippen LogP contribution in [0.2, 0.25) is 0 Å². The summed E-state index contributed by atoms with van der Waals surface area (Å²) in [5.74, 6) is -13.3. The van der Waals surface area contributed by atoms with Gasteiger partial charge in [0.1, 0.15) is 11.0 Å². The number of rotatable bonds is 9. The van der Waals surface area contributed by atoms with Crippen LogP contribution in [0.4, 0.5) is 17.6 Å². The Balaban J connectivity index is 1.14. The molecule has 0 radical (unpaired) electrons. The van der Waals surface area contributed by atoms with E-state index < -0.39 is 84.3 Å². The van der Waals surface area contributed by atoms with Gasteiger partial charge in [0.25, 0.3) is 10.1 Å². The molecule has 4 unspecified atom stereocenters. The topological polar surface area (TPSA) is 133 Å². The molecule has 2 aromatic carbocycles. The van der Waals surface area contributed by atoms with Crippen LogP contribution >= 0.6 is 0 Å². The average Bonchev–Trinajstić information content (AvgIpc) is 3.73. The lowest BCUT2D eigenvalue weighted by atomic mass is 9.76. The third-order valence-electron chi connectivity index (χ3n) is 11.9. The lowest BCUT2D eigenvalue weighted by molar-refractivity contribution is -0.141. The van der Waals surface area contributed by atoms with Crippen LogP contribution in [-0.4, -0.2) is 45.7 Å². The smallest absolute Gasteiger partial charge is 0.317 e. The lowest BCUT2D eigenvalue weighted by Crippen LogP contribution is -2.37. The van der Waals surface area contributed by atoms with Crippen molar-refractivity contribution in [3.63, 3.8) is 0 Å². The summed E-state index contributed by atoms with van der Waals surface area (Å²) in [7, 11) is -10.0. The molecular formula is C37H44F4O9S2. The van der Waals surface area contributed by atoms with Crippen LogP contribution in [-0.2, 0) is 34.0 Å². The van der Waals surface area contributed by atoms with Crippen LogP contribution in [0.1, 0.15) is 144 Å². The first-order chi connectivity index (χ1) is 24.7. The molecule has 52 heavy (non-hydrogen) atoms. The van der Waals surface area contributed by atoms with E-state index in [4.69, 9.17) is 13.5 Å². The Morgan fingerprint density at radius 1 is 0.654 bits per heavy atom. The highest BCUT2D eigenvalue weighted by atomic mass is 32.2. The van der Waals surface area contributed by atoms with E-state index >= 15 is 0 Å². The third-order valence-corrected chi connectivity index (χ3v) is 14.3. The number of carbonyl (C=O) groups excluding carboxylic acids is 1. The van der Waals surface area contributed by atoms with E-state index in [1.54, 1.807) is 0 Å². The van der Waals surface area contributed by atoms with Gasteiger partial charge in [-0.15, -0.1) is 0 Å². The van der Waals surface area contributed by atoms with Crippen molar-refractivity contribution >= 4 is 26.2 Å². The van der Waals surface area contributed by atoms with Gasteiger partial charge in [-0.3, -0.25) is 13.5 Å². The zero-order chi connectivity index (χ0) is 36.9. The Morgan fingerprint density at radius 3 is 1.58 bits per heavy atom. The molecule has 2 bridgehead atoms. The maximum absolute atomic E-state index is 14.6. The largest absolute Gasteiger partial charge is 0.420 e. The summed E-state index contributed by atoms with van der Waals surface area (Å²) < 4.78 is 135. The second kappa shape index (κ2) is 14.9. The second-order valence-corrected chi connectivity index (χ2v) is 18.1. The molecule has 7 rings (SSSR count). The van der Waals surface area contributed by atoms with Crippen LogP contribution in [0.15, 0.2) is 21.9 Å². The summed E-state index contributed by atoms with van der Waals surface area (Å²) in [5, 5.41) is 0. The molecule has 2 aromatic rings. The molecule has 9 nitrogen and oxygen atoms in total. The van der Waals surface area contributed by atoms with Crippen molar-refractivity contribution in [3.05, 3.63) is 52.1 Å². The molecule has 4 atom stereocenters. The predicted octanol–water partition coefficient (Wildman–Crippen LogP) is 8.49. The summed E-state index contributed by atoms with van der Waals surface area (Å²) in [4.78, 5) is 11.0. The van der Waals surface area contributed by atoms with Gasteiger partial charge in [0, 0.05) is 6.42 Å². The zero-order valence-electron chi connectivity index (χ0n) is 28.8. The first kappa shape index (κ1) is 37.7. The average molecular weight is 773 g/mol. The van der Waals surface area contributed by atoms with Crippen LogP contribution in [0.25, 0.3) is 0 Å². The molecule has 3 aliphatic carbocycles. The molecule has 2 aliphatic heterocycles. The molecule has 15 heteroatoms. The molecule has 5 aliphatic rings. The van der Waals surface area contributed by atoms with Crippen LogP contribution in [0.5, 0.6) is 5.75 Å². The van der Waals surface area contributed by atoms with E-state index in [0.29, 0.717) is 5.92 Å². The van der Waals surface area contributed by atoms with Gasteiger partial charge in [-0.25, -0.2) is 8.78 Å². The van der Waals surface area contributed by atoms with Crippen LogP contribution < -0.4 is 4.74 Å². The molecule has 0 spiro atoms. The second-order valence-electron chi connectivity index (χ2n) is 15.2. The number of hydrogen-bond donors (Lipinski definition) is 1. The molecule has 0 amide bonds. The van der Waals surface area contributed by atoms with Gasteiger partial charge >= 0.3 is 16.1 Å². The van der Waals surface area contributed by atoms with Gasteiger partial charge in [0.05, 0.1) is 18.1 Å². The molecule has 0 aromatic heterocycles. The number of hydrogen-bond acceptors (Lipinski definition) is 8. The maximum atomic E-state index is 14.6. The van der Waals surface area contributed by atoms with E-state index in [-0.39, 0.29) is 29.6 Å². The van der Waals surface area contributed by atoms with Crippen molar-refractivity contribution in [2.75, 3.05) is 0 Å². The Hall–Kier alpha value is -2.59. The van der Waals surface area contributed by atoms with Gasteiger partial charge in [-0.1, -0.05) is 69.9 Å². The summed E-state index contributed by atoms with van der Waals surface area (Å²) in [6.45, 7) is 0. The van der Waals surface area contributed by atoms with Gasteiger partial charge in [0.2, 0.25) is 17.4 Å². The predicted molar refractivity (Wildman–Crippen MR) is 179 cm³/mol. The summed E-state index contributed by atoms with van der Waals surface area (Å²) in [6.07, 6.45) is 12.5. The quantitative estimate of drug-likeness (QED) is 0.0666. The van der Waals surface area contributed by atoms with Crippen LogP contribution in [0, 0.1) is 29.2 Å². The first-order valence-electron chi connectivity index (χ1n) is 18.6. The summed E-state index contributed by atoms with van der Waals surface area (Å²) in [6, 6.07) is 4.29. The number of benzene rings is 2. The van der Waals surface area contributed by atoms with E-state index in [1.807, 2.05) is 0 Å². The van der Waals surface area contributed by atoms with Crippen LogP contribution in [0.3, 0.4) is 0 Å². The van der Waals surface area contributed by atoms with Gasteiger partial charge in [-0.05, 0) is 79.4 Å². The zero-order valence-corrected chi connectivity index (χ0v) is 30.4. The molecular weight excluding hydrogens is 729 g/mol. The standard InChI is InChI=1S/C37H44F4O9S2/c38-30-32(40)36(51(43,44)45)33(41)31(39)34(30)49-37(42)26-18-28-29(19-27(26)48-28)50-52(46,47)35-24(21-12-6-2-7-13-21)16-23(20-10-4-1-5-11-20)17-25(35)22-14-8-3-9-15-22/h16-17,20-22,26-29H,1-15,18-19H2,(H,43,44,45). The highest BCUT2D eigenvalue weighted by Crippen LogP contribution is 2.48. The number of carbonyl (C=O) groups is 1. The fourth-order valence-electron chi connectivity index (χ4n) is 9.35. The SMILES string of the molecule is O=C(Oc1c(F)c(F)c(S(=O)(=O)O)c(F)c1F)C1CC2OC1CC2OS(=O)(=O)c1c(C2CCCCC2)cc(C2CCCCC2)cc1C1CCCCC1. The fraction of sp³-hybridized carbons (Fsp3) is 0.649. The van der Waals surface area contributed by atoms with E-state index in [2.05, 4.69) is 16.9 Å². The van der Waals surface area contributed by atoms with Crippen molar-refractivity contribution in [1.82, 2.24) is 0 Å². The Bertz CT molecular complexity index is 1850. The third kappa shape index (κ3) is 7.28. The highest BCUT2D eigenvalue weighted by molar-refractivity contribution is 7.87. The number of halogens is 4. The maximum Gasteiger partial charge on any atom is 0.317 e. The van der Waals surface area contributed by atoms with Gasteiger partial charge < -0.3 is 9.47 Å². The molecule has 3 saturated carbocycles. The van der Waals surface area contributed by atoms with Crippen molar-refractivity contribution in [1.29, 1.82) is 0 Å². The van der Waals surface area contributed by atoms with Crippen molar-refractivity contribution in [2.45, 2.75) is 155 Å². The van der Waals surface area contributed by atoms with Crippen molar-refractivity contribution < 1.29 is 57.4 Å². The monoisotopic (exact) mass is 772 g/mol. The Morgan fingerprint density at radius 2 is 1.13 bits per heavy atom. The Kier molecular flexibility index (Phi) is 10.8. The van der Waals surface area contributed by atoms with E-state index in [1.165, 1.54) is 12.0 Å². The van der Waals surface area contributed by atoms with E-state index in [9.17, 15) is 39.2 Å². The summed E-state index contributed by atoms with van der Waals surface area (Å²) in [5.41, 5.74) is 2.92. The van der Waals surface area contributed by atoms with Crippen molar-refractivity contribution in [3.8, 4) is 5.75 Å². The highest BCUT2D eigenvalue weighted by Gasteiger charge is 2.53. The first-order valence-corrected chi connectivity index (χ1v) is 21.4. The lowest BCUT2D eigenvalue weighted by Gasteiger charge is -2.32. The van der Waals surface area contributed by atoms with Crippen molar-refractivity contribution in [2.24, 2.45) is 5.92 Å². The van der Waals surface area contributed by atoms with E-state index in [0.717, 1.165) is 101 Å². The minimum Gasteiger partial charge on any atom is -0.420 e. The molecule has 286 valence electrons. The van der Waals surface area contributed by atoms with Gasteiger partial charge in [0.15, 0.2) is 16.5 Å². The minimum absolute atomic E-state index is 0.0727. The minimum atomic E-state index is -5.70. The number of esters is 1. The number of ether oxygens (including phenoxy) is 2.